The molecule has 1 aromatic heterocycles. The first-order valence-corrected chi connectivity index (χ1v) is 9.95. The monoisotopic (exact) mass is 424 g/mol. The van der Waals surface area contributed by atoms with Crippen molar-refractivity contribution in [3.05, 3.63) is 76.3 Å². The Morgan fingerprint density at radius 2 is 2.07 bits per heavy atom. The van der Waals surface area contributed by atoms with Crippen LogP contribution in [0.1, 0.15) is 16.7 Å². The van der Waals surface area contributed by atoms with E-state index in [1.807, 2.05) is 48.5 Å². The summed E-state index contributed by atoms with van der Waals surface area (Å²) >= 11 is 7.53. The number of benzene rings is 2. The summed E-state index contributed by atoms with van der Waals surface area (Å²) in [6.45, 7) is 0. The van der Waals surface area contributed by atoms with Gasteiger partial charge in [0.25, 0.3) is 0 Å². The Labute approximate surface area is 177 Å². The van der Waals surface area contributed by atoms with Gasteiger partial charge < -0.3 is 10.1 Å². The minimum absolute atomic E-state index is 0.263. The molecule has 0 unspecified atom stereocenters. The summed E-state index contributed by atoms with van der Waals surface area (Å²) in [5.74, 6) is 1.19. The third-order valence-corrected chi connectivity index (χ3v) is 5.35. The Morgan fingerprint density at radius 1 is 1.31 bits per heavy atom. The van der Waals surface area contributed by atoms with Crippen LogP contribution in [0.15, 0.2) is 59.6 Å². The van der Waals surface area contributed by atoms with Gasteiger partial charge >= 0.3 is 0 Å². The molecule has 1 amide bonds. The Bertz CT molecular complexity index is 1070. The van der Waals surface area contributed by atoms with Crippen molar-refractivity contribution in [3.63, 3.8) is 0 Å². The van der Waals surface area contributed by atoms with Crippen molar-refractivity contribution < 1.29 is 9.53 Å². The molecule has 8 heteroatoms. The lowest BCUT2D eigenvalue weighted by Crippen LogP contribution is -2.09. The SMILES string of the molecule is COc1ccc(C=CC(=O)Nc2[nH]nc(SCc3ccccc3Cl)c2C#N)cc1. The number of nitriles is 1. The number of ether oxygens (including phenoxy) is 1. The van der Waals surface area contributed by atoms with E-state index in [4.69, 9.17) is 16.3 Å². The molecule has 2 aromatic carbocycles. The summed E-state index contributed by atoms with van der Waals surface area (Å²) in [5.41, 5.74) is 2.08. The number of carbonyl (C=O) groups is 1. The van der Waals surface area contributed by atoms with Gasteiger partial charge in [0.05, 0.1) is 7.11 Å². The first kappa shape index (κ1) is 20.5. The number of hydrogen-bond acceptors (Lipinski definition) is 5. The number of hydrogen-bond donors (Lipinski definition) is 2. The Morgan fingerprint density at radius 3 is 2.76 bits per heavy atom. The fourth-order valence-corrected chi connectivity index (χ4v) is 3.67. The molecule has 1 heterocycles. The van der Waals surface area contributed by atoms with Crippen LogP contribution in [-0.2, 0) is 10.5 Å². The van der Waals surface area contributed by atoms with Crippen LogP contribution in [-0.4, -0.2) is 23.2 Å². The van der Waals surface area contributed by atoms with E-state index in [1.54, 1.807) is 13.2 Å². The van der Waals surface area contributed by atoms with Crippen molar-refractivity contribution in [1.82, 2.24) is 10.2 Å². The molecule has 6 nitrogen and oxygen atoms in total. The van der Waals surface area contributed by atoms with Gasteiger partial charge in [-0.25, -0.2) is 0 Å². The quantitative estimate of drug-likeness (QED) is 0.416. The number of aromatic nitrogens is 2. The lowest BCUT2D eigenvalue weighted by molar-refractivity contribution is -0.111. The number of carbonyl (C=O) groups excluding carboxylic acids is 1. The van der Waals surface area contributed by atoms with Gasteiger partial charge in [0.15, 0.2) is 0 Å². The Kier molecular flexibility index (Phi) is 6.95. The molecule has 0 aliphatic rings. The minimum Gasteiger partial charge on any atom is -0.497 e. The minimum atomic E-state index is -0.372. The summed E-state index contributed by atoms with van der Waals surface area (Å²) < 4.78 is 5.10. The largest absolute Gasteiger partial charge is 0.497 e. The van der Waals surface area contributed by atoms with Crippen molar-refractivity contribution in [2.75, 3.05) is 12.4 Å². The van der Waals surface area contributed by atoms with E-state index in [-0.39, 0.29) is 17.3 Å². The molecular weight excluding hydrogens is 408 g/mol. The lowest BCUT2D eigenvalue weighted by Gasteiger charge is -2.02. The molecule has 29 heavy (non-hydrogen) atoms. The molecule has 0 bridgehead atoms. The molecule has 0 aliphatic carbocycles. The van der Waals surface area contributed by atoms with Gasteiger partial charge in [-0.15, -0.1) is 0 Å². The van der Waals surface area contributed by atoms with Crippen LogP contribution < -0.4 is 10.1 Å². The number of aromatic amines is 1. The molecular formula is C21H17ClN4O2S. The second-order valence-electron chi connectivity index (χ2n) is 5.87. The summed E-state index contributed by atoms with van der Waals surface area (Å²) in [5, 5.41) is 20.1. The maximum Gasteiger partial charge on any atom is 0.249 e. The van der Waals surface area contributed by atoms with Crippen LogP contribution >= 0.6 is 23.4 Å². The van der Waals surface area contributed by atoms with Crippen LogP contribution in [0.5, 0.6) is 5.75 Å². The third-order valence-electron chi connectivity index (χ3n) is 3.96. The number of thioether (sulfide) groups is 1. The summed E-state index contributed by atoms with van der Waals surface area (Å²) in [6, 6.07) is 16.9. The van der Waals surface area contributed by atoms with Crippen molar-refractivity contribution in [2.24, 2.45) is 0 Å². The second-order valence-corrected chi connectivity index (χ2v) is 7.24. The van der Waals surface area contributed by atoms with Gasteiger partial charge in [-0.05, 0) is 35.4 Å². The lowest BCUT2D eigenvalue weighted by atomic mass is 10.2. The van der Waals surface area contributed by atoms with E-state index < -0.39 is 0 Å². The molecule has 0 fully saturated rings. The fraction of sp³-hybridized carbons (Fsp3) is 0.0952. The Balaban J connectivity index is 1.64. The average Bonchev–Trinajstić information content (AvgIpc) is 3.13. The molecule has 3 aromatic rings. The number of anilines is 1. The number of nitrogens with one attached hydrogen (secondary N) is 2. The van der Waals surface area contributed by atoms with Crippen LogP contribution in [0.25, 0.3) is 6.08 Å². The summed E-state index contributed by atoms with van der Waals surface area (Å²) in [7, 11) is 1.59. The highest BCUT2D eigenvalue weighted by atomic mass is 35.5. The molecule has 0 atom stereocenters. The van der Waals surface area contributed by atoms with Gasteiger partial charge in [-0.1, -0.05) is 53.7 Å². The van der Waals surface area contributed by atoms with Crippen LogP contribution in [0.3, 0.4) is 0 Å². The van der Waals surface area contributed by atoms with E-state index in [1.165, 1.54) is 17.8 Å². The second kappa shape index (κ2) is 9.82. The smallest absolute Gasteiger partial charge is 0.249 e. The zero-order valence-corrected chi connectivity index (χ0v) is 17.1. The molecule has 2 N–H and O–H groups in total. The molecule has 0 saturated heterocycles. The predicted molar refractivity (Wildman–Crippen MR) is 115 cm³/mol. The summed E-state index contributed by atoms with van der Waals surface area (Å²) in [6.07, 6.45) is 3.06. The van der Waals surface area contributed by atoms with Gasteiger partial charge in [-0.2, -0.15) is 10.4 Å². The highest BCUT2D eigenvalue weighted by molar-refractivity contribution is 7.98. The standard InChI is InChI=1S/C21H17ClN4O2S/c1-28-16-9-6-14(7-10-16)8-11-19(27)24-20-17(12-23)21(26-25-20)29-13-15-4-2-3-5-18(15)22/h2-11H,13H2,1H3,(H2,24,25,26,27). The molecule has 0 spiro atoms. The van der Waals surface area contributed by atoms with Gasteiger partial charge in [0, 0.05) is 16.9 Å². The van der Waals surface area contributed by atoms with E-state index >= 15 is 0 Å². The number of nitrogens with zero attached hydrogens (tertiary/aromatic N) is 2. The fourth-order valence-electron chi connectivity index (χ4n) is 2.44. The topological polar surface area (TPSA) is 90.8 Å². The normalized spacial score (nSPS) is 10.7. The number of halogens is 1. The highest BCUT2D eigenvalue weighted by Gasteiger charge is 2.15. The average molecular weight is 425 g/mol. The highest BCUT2D eigenvalue weighted by Crippen LogP contribution is 2.30. The van der Waals surface area contributed by atoms with Crippen LogP contribution in [0.4, 0.5) is 5.82 Å². The third kappa shape index (κ3) is 5.41. The number of amides is 1. The number of H-pyrrole nitrogens is 1. The van der Waals surface area contributed by atoms with Crippen molar-refractivity contribution in [1.29, 1.82) is 5.26 Å². The molecule has 3 rings (SSSR count). The zero-order valence-electron chi connectivity index (χ0n) is 15.5. The van der Waals surface area contributed by atoms with Gasteiger partial charge in [0.2, 0.25) is 5.91 Å². The van der Waals surface area contributed by atoms with E-state index in [9.17, 15) is 10.1 Å². The molecule has 0 aliphatic heterocycles. The number of methoxy groups -OCH3 is 1. The first-order valence-electron chi connectivity index (χ1n) is 8.58. The van der Waals surface area contributed by atoms with Crippen molar-refractivity contribution in [3.8, 4) is 11.8 Å². The van der Waals surface area contributed by atoms with Crippen molar-refractivity contribution >= 4 is 41.2 Å². The first-order chi connectivity index (χ1) is 14.1. The maximum absolute atomic E-state index is 12.2. The molecule has 146 valence electrons. The van der Waals surface area contributed by atoms with Gasteiger partial charge in [-0.3, -0.25) is 9.89 Å². The summed E-state index contributed by atoms with van der Waals surface area (Å²) in [4.78, 5) is 12.2. The maximum atomic E-state index is 12.2. The zero-order chi connectivity index (χ0) is 20.6. The van der Waals surface area contributed by atoms with E-state index in [0.29, 0.717) is 15.8 Å². The predicted octanol–water partition coefficient (Wildman–Crippen LogP) is 4.89. The van der Waals surface area contributed by atoms with Crippen LogP contribution in [0.2, 0.25) is 5.02 Å². The molecule has 0 saturated carbocycles. The Hall–Kier alpha value is -3.21. The van der Waals surface area contributed by atoms with Crippen LogP contribution in [0, 0.1) is 11.3 Å². The number of rotatable bonds is 7. The van der Waals surface area contributed by atoms with E-state index in [0.717, 1.165) is 16.9 Å². The van der Waals surface area contributed by atoms with Gasteiger partial charge in [0.1, 0.15) is 28.2 Å². The van der Waals surface area contributed by atoms with Crippen molar-refractivity contribution in [2.45, 2.75) is 10.8 Å². The van der Waals surface area contributed by atoms with E-state index in [2.05, 4.69) is 21.6 Å². The molecule has 0 radical (unpaired) electrons.